The Morgan fingerprint density at radius 1 is 1.21 bits per heavy atom. The standard InChI is InChI=1S/C15H17N5O4/c1-2-7-24-9-6-4-3-5-8(9)15(23)18-10-11(13(16)21)19-20-12(10)14(17)22/h3-6H,2,7H2,1H3,(H2,16,21)(H2,17,22)(H,18,23)(H,19,20). The van der Waals surface area contributed by atoms with Gasteiger partial charge in [0.2, 0.25) is 0 Å². The van der Waals surface area contributed by atoms with Crippen LogP contribution in [0.25, 0.3) is 0 Å². The highest BCUT2D eigenvalue weighted by atomic mass is 16.5. The summed E-state index contributed by atoms with van der Waals surface area (Å²) in [7, 11) is 0. The van der Waals surface area contributed by atoms with Crippen LogP contribution < -0.4 is 21.5 Å². The van der Waals surface area contributed by atoms with Crippen molar-refractivity contribution < 1.29 is 19.1 Å². The topological polar surface area (TPSA) is 153 Å². The highest BCUT2D eigenvalue weighted by Crippen LogP contribution is 2.23. The first-order valence-electron chi connectivity index (χ1n) is 7.16. The minimum absolute atomic E-state index is 0.162. The number of ether oxygens (including phenoxy) is 1. The van der Waals surface area contributed by atoms with Gasteiger partial charge in [-0.15, -0.1) is 0 Å². The normalized spacial score (nSPS) is 10.2. The number of hydrogen-bond acceptors (Lipinski definition) is 5. The fourth-order valence-electron chi connectivity index (χ4n) is 1.99. The molecule has 0 saturated heterocycles. The molecule has 0 radical (unpaired) electrons. The summed E-state index contributed by atoms with van der Waals surface area (Å²) in [4.78, 5) is 35.3. The van der Waals surface area contributed by atoms with Crippen molar-refractivity contribution in [1.29, 1.82) is 0 Å². The van der Waals surface area contributed by atoms with Gasteiger partial charge in [-0.1, -0.05) is 19.1 Å². The Morgan fingerprint density at radius 3 is 2.54 bits per heavy atom. The number of para-hydroxylation sites is 1. The second-order valence-corrected chi connectivity index (χ2v) is 4.85. The first-order valence-corrected chi connectivity index (χ1v) is 7.16. The van der Waals surface area contributed by atoms with Crippen LogP contribution in [0, 0.1) is 0 Å². The summed E-state index contributed by atoms with van der Waals surface area (Å²) < 4.78 is 5.51. The van der Waals surface area contributed by atoms with E-state index in [0.29, 0.717) is 12.4 Å². The molecular weight excluding hydrogens is 314 g/mol. The average molecular weight is 331 g/mol. The van der Waals surface area contributed by atoms with Crippen LogP contribution in [-0.4, -0.2) is 34.5 Å². The Balaban J connectivity index is 2.35. The molecule has 0 bridgehead atoms. The number of carbonyl (C=O) groups excluding carboxylic acids is 3. The fourth-order valence-corrected chi connectivity index (χ4v) is 1.99. The second-order valence-electron chi connectivity index (χ2n) is 4.85. The number of nitrogens with one attached hydrogen (secondary N) is 2. The molecule has 0 fully saturated rings. The number of hydrogen-bond donors (Lipinski definition) is 4. The first-order chi connectivity index (χ1) is 11.5. The van der Waals surface area contributed by atoms with Crippen LogP contribution in [0.3, 0.4) is 0 Å². The molecule has 1 aromatic carbocycles. The second kappa shape index (κ2) is 7.27. The van der Waals surface area contributed by atoms with Gasteiger partial charge >= 0.3 is 0 Å². The summed E-state index contributed by atoms with van der Waals surface area (Å²) in [5, 5.41) is 8.34. The predicted molar refractivity (Wildman–Crippen MR) is 85.8 cm³/mol. The molecule has 6 N–H and O–H groups in total. The lowest BCUT2D eigenvalue weighted by Gasteiger charge is -2.11. The third-order valence-electron chi connectivity index (χ3n) is 3.08. The third-order valence-corrected chi connectivity index (χ3v) is 3.08. The number of nitrogens with two attached hydrogens (primary N) is 2. The monoisotopic (exact) mass is 331 g/mol. The summed E-state index contributed by atoms with van der Waals surface area (Å²) >= 11 is 0. The van der Waals surface area contributed by atoms with Crippen molar-refractivity contribution in [2.45, 2.75) is 13.3 Å². The van der Waals surface area contributed by atoms with E-state index in [0.717, 1.165) is 6.42 Å². The van der Waals surface area contributed by atoms with E-state index in [2.05, 4.69) is 15.5 Å². The maximum Gasteiger partial charge on any atom is 0.271 e. The molecule has 2 rings (SSSR count). The highest BCUT2D eigenvalue weighted by Gasteiger charge is 2.24. The molecule has 0 atom stereocenters. The number of nitrogens with zero attached hydrogens (tertiary/aromatic N) is 1. The van der Waals surface area contributed by atoms with E-state index in [9.17, 15) is 14.4 Å². The van der Waals surface area contributed by atoms with Gasteiger partial charge in [-0.25, -0.2) is 0 Å². The van der Waals surface area contributed by atoms with E-state index in [-0.39, 0.29) is 22.6 Å². The maximum atomic E-state index is 12.5. The van der Waals surface area contributed by atoms with E-state index in [1.165, 1.54) is 0 Å². The van der Waals surface area contributed by atoms with Gasteiger partial charge in [-0.3, -0.25) is 19.5 Å². The molecule has 126 valence electrons. The van der Waals surface area contributed by atoms with Crippen LogP contribution in [0.4, 0.5) is 5.69 Å². The molecule has 2 aromatic rings. The van der Waals surface area contributed by atoms with Crippen LogP contribution in [-0.2, 0) is 0 Å². The number of primary amides is 2. The molecule has 1 heterocycles. The first kappa shape index (κ1) is 17.0. The van der Waals surface area contributed by atoms with Crippen LogP contribution in [0.15, 0.2) is 24.3 Å². The van der Waals surface area contributed by atoms with Gasteiger partial charge < -0.3 is 21.5 Å². The van der Waals surface area contributed by atoms with Crippen molar-refractivity contribution in [3.8, 4) is 5.75 Å². The summed E-state index contributed by atoms with van der Waals surface area (Å²) in [5.41, 5.74) is 9.95. The molecule has 0 unspecified atom stereocenters. The Labute approximate surface area is 137 Å². The maximum absolute atomic E-state index is 12.5. The van der Waals surface area contributed by atoms with Gasteiger partial charge in [0.15, 0.2) is 5.69 Å². The number of carbonyl (C=O) groups is 3. The van der Waals surface area contributed by atoms with Crippen molar-refractivity contribution in [2.75, 3.05) is 11.9 Å². The van der Waals surface area contributed by atoms with E-state index < -0.39 is 17.7 Å². The molecule has 0 spiro atoms. The summed E-state index contributed by atoms with van der Waals surface area (Å²) in [6, 6.07) is 6.58. The molecule has 0 aliphatic heterocycles. The third kappa shape index (κ3) is 3.51. The van der Waals surface area contributed by atoms with Gasteiger partial charge in [-0.05, 0) is 18.6 Å². The zero-order valence-corrected chi connectivity index (χ0v) is 13.0. The van der Waals surface area contributed by atoms with Crippen molar-refractivity contribution >= 4 is 23.4 Å². The van der Waals surface area contributed by atoms with Crippen LogP contribution >= 0.6 is 0 Å². The Bertz CT molecular complexity index is 752. The minimum Gasteiger partial charge on any atom is -0.493 e. The number of anilines is 1. The van der Waals surface area contributed by atoms with Crippen LogP contribution in [0.2, 0.25) is 0 Å². The van der Waals surface area contributed by atoms with E-state index in [1.54, 1.807) is 24.3 Å². The Morgan fingerprint density at radius 2 is 1.92 bits per heavy atom. The smallest absolute Gasteiger partial charge is 0.271 e. The number of rotatable bonds is 7. The summed E-state index contributed by atoms with van der Waals surface area (Å²) in [6.45, 7) is 2.38. The lowest BCUT2D eigenvalue weighted by molar-refractivity contribution is 0.0989. The van der Waals surface area contributed by atoms with E-state index >= 15 is 0 Å². The zero-order valence-electron chi connectivity index (χ0n) is 13.0. The Kier molecular flexibility index (Phi) is 5.15. The Hall–Kier alpha value is -3.36. The van der Waals surface area contributed by atoms with E-state index in [4.69, 9.17) is 16.2 Å². The van der Waals surface area contributed by atoms with Crippen molar-refractivity contribution in [1.82, 2.24) is 10.2 Å². The zero-order chi connectivity index (χ0) is 17.7. The lowest BCUT2D eigenvalue weighted by atomic mass is 10.1. The van der Waals surface area contributed by atoms with Gasteiger partial charge in [0.05, 0.1) is 12.2 Å². The summed E-state index contributed by atoms with van der Waals surface area (Å²) in [6.07, 6.45) is 0.773. The lowest BCUT2D eigenvalue weighted by Crippen LogP contribution is -2.21. The molecule has 9 nitrogen and oxygen atoms in total. The van der Waals surface area contributed by atoms with Crippen LogP contribution in [0.5, 0.6) is 5.75 Å². The van der Waals surface area contributed by atoms with Crippen LogP contribution in [0.1, 0.15) is 44.7 Å². The SMILES string of the molecule is CCCOc1ccccc1C(=O)Nc1c(C(N)=O)n[nH]c1C(N)=O. The van der Waals surface area contributed by atoms with Gasteiger partial charge in [0, 0.05) is 0 Å². The quantitative estimate of drug-likeness (QED) is 0.586. The molecular formula is C15H17N5O4. The van der Waals surface area contributed by atoms with Crippen molar-refractivity contribution in [3.05, 3.63) is 41.2 Å². The number of benzene rings is 1. The molecule has 24 heavy (non-hydrogen) atoms. The molecule has 1 aromatic heterocycles. The fraction of sp³-hybridized carbons (Fsp3) is 0.200. The molecule has 0 saturated carbocycles. The van der Waals surface area contributed by atoms with Gasteiger partial charge in [-0.2, -0.15) is 5.10 Å². The molecule has 0 aliphatic carbocycles. The van der Waals surface area contributed by atoms with Crippen molar-refractivity contribution in [3.63, 3.8) is 0 Å². The predicted octanol–water partition coefficient (Wildman–Crippen LogP) is 0.649. The van der Waals surface area contributed by atoms with Gasteiger partial charge in [0.1, 0.15) is 17.1 Å². The largest absolute Gasteiger partial charge is 0.493 e. The molecule has 0 aliphatic rings. The number of aromatic nitrogens is 2. The summed E-state index contributed by atoms with van der Waals surface area (Å²) in [5.74, 6) is -2.01. The number of amides is 3. The molecule has 3 amide bonds. The minimum atomic E-state index is -0.912. The highest BCUT2D eigenvalue weighted by molar-refractivity contribution is 6.13. The van der Waals surface area contributed by atoms with Crippen molar-refractivity contribution in [2.24, 2.45) is 11.5 Å². The molecule has 9 heteroatoms. The number of H-pyrrole nitrogens is 1. The van der Waals surface area contributed by atoms with Gasteiger partial charge in [0.25, 0.3) is 17.7 Å². The average Bonchev–Trinajstić information content (AvgIpc) is 2.97. The number of aromatic amines is 1. The van der Waals surface area contributed by atoms with E-state index in [1.807, 2.05) is 6.92 Å².